The number of anilines is 1. The highest BCUT2D eigenvalue weighted by Gasteiger charge is 2.24. The molecule has 6 N–H and O–H groups in total. The second-order valence-corrected chi connectivity index (χ2v) is 8.65. The normalized spacial score (nSPS) is 13.4. The largest absolute Gasteiger partial charge is 0.480 e. The maximum Gasteiger partial charge on any atom is 0.328 e. The summed E-state index contributed by atoms with van der Waals surface area (Å²) in [6.45, 7) is 0.0630. The molecule has 0 aliphatic carbocycles. The van der Waals surface area contributed by atoms with E-state index in [2.05, 4.69) is 26.6 Å². The van der Waals surface area contributed by atoms with E-state index in [0.29, 0.717) is 11.3 Å². The van der Waals surface area contributed by atoms with Gasteiger partial charge in [-0.15, -0.1) is 0 Å². The number of rotatable bonds is 10. The van der Waals surface area contributed by atoms with Crippen molar-refractivity contribution in [2.45, 2.75) is 18.9 Å². The van der Waals surface area contributed by atoms with Crippen LogP contribution < -0.4 is 26.6 Å². The zero-order valence-electron chi connectivity index (χ0n) is 19.1. The highest BCUT2D eigenvalue weighted by Crippen LogP contribution is 2.24. The second-order valence-electron chi connectivity index (χ2n) is 7.84. The van der Waals surface area contributed by atoms with Gasteiger partial charge in [0.2, 0.25) is 5.91 Å². The SMILES string of the molecule is O=C(CNC(=O)c1cccc(NC2=CCCCN2)c1)NC[C@H](NC(=O)c1c(Cl)cccc1Cl)C(=O)O. The van der Waals surface area contributed by atoms with Crippen molar-refractivity contribution in [3.63, 3.8) is 0 Å². The molecule has 2 aromatic rings. The van der Waals surface area contributed by atoms with Gasteiger partial charge in [0.15, 0.2) is 0 Å². The number of hydrogen-bond donors (Lipinski definition) is 6. The lowest BCUT2D eigenvalue weighted by molar-refractivity contribution is -0.139. The Morgan fingerprint density at radius 2 is 1.72 bits per heavy atom. The summed E-state index contributed by atoms with van der Waals surface area (Å²) in [6, 6.07) is 9.77. The van der Waals surface area contributed by atoms with Crippen molar-refractivity contribution in [1.82, 2.24) is 21.3 Å². The van der Waals surface area contributed by atoms with Gasteiger partial charge in [-0.1, -0.05) is 35.3 Å². The van der Waals surface area contributed by atoms with Crippen molar-refractivity contribution in [3.05, 3.63) is 75.5 Å². The monoisotopic (exact) mass is 533 g/mol. The molecule has 0 saturated heterocycles. The molecule has 1 atom stereocenters. The van der Waals surface area contributed by atoms with Crippen LogP contribution in [0.25, 0.3) is 0 Å². The molecule has 0 radical (unpaired) electrons. The molecule has 10 nitrogen and oxygen atoms in total. The predicted molar refractivity (Wildman–Crippen MR) is 136 cm³/mol. The number of carbonyl (C=O) groups is 4. The van der Waals surface area contributed by atoms with Gasteiger partial charge in [0, 0.05) is 24.3 Å². The average Bonchev–Trinajstić information content (AvgIpc) is 2.85. The van der Waals surface area contributed by atoms with E-state index in [4.69, 9.17) is 23.2 Å². The standard InChI is InChI=1S/C24H25Cl2N5O5/c25-16-7-4-8-17(26)21(16)23(34)31-18(24(35)36)12-28-20(32)13-29-22(33)14-5-3-6-15(11-14)30-19-9-1-2-10-27-19/h3-9,11,18,27,30H,1-2,10,12-13H2,(H,28,32)(H,29,33)(H,31,34)(H,35,36)/t18-/m0/s1. The number of nitrogens with one attached hydrogen (secondary N) is 5. The number of halogens is 2. The molecular formula is C24H25Cl2N5O5. The van der Waals surface area contributed by atoms with Gasteiger partial charge in [-0.25, -0.2) is 4.79 Å². The van der Waals surface area contributed by atoms with Gasteiger partial charge in [-0.2, -0.15) is 0 Å². The highest BCUT2D eigenvalue weighted by molar-refractivity contribution is 6.39. The van der Waals surface area contributed by atoms with E-state index in [9.17, 15) is 24.3 Å². The first-order chi connectivity index (χ1) is 17.2. The molecule has 2 aromatic carbocycles. The number of aliphatic carboxylic acids is 1. The van der Waals surface area contributed by atoms with Crippen LogP contribution in [0.5, 0.6) is 0 Å². The first-order valence-electron chi connectivity index (χ1n) is 11.1. The van der Waals surface area contributed by atoms with Gasteiger partial charge in [0.25, 0.3) is 11.8 Å². The lowest BCUT2D eigenvalue weighted by atomic mass is 10.1. The van der Waals surface area contributed by atoms with Crippen LogP contribution in [0.1, 0.15) is 33.6 Å². The van der Waals surface area contributed by atoms with Crippen molar-refractivity contribution in [2.75, 3.05) is 25.0 Å². The van der Waals surface area contributed by atoms with Crippen LogP contribution in [0, 0.1) is 0 Å². The molecular weight excluding hydrogens is 509 g/mol. The zero-order valence-corrected chi connectivity index (χ0v) is 20.6. The molecule has 1 aliphatic rings. The number of hydrogen-bond acceptors (Lipinski definition) is 6. The maximum atomic E-state index is 12.5. The van der Waals surface area contributed by atoms with E-state index in [1.54, 1.807) is 24.3 Å². The Morgan fingerprint density at radius 3 is 2.39 bits per heavy atom. The summed E-state index contributed by atoms with van der Waals surface area (Å²) in [5, 5.41) is 23.1. The topological polar surface area (TPSA) is 149 Å². The quantitative estimate of drug-likeness (QED) is 0.274. The highest BCUT2D eigenvalue weighted by atomic mass is 35.5. The molecule has 3 amide bonds. The fourth-order valence-corrected chi connectivity index (χ4v) is 3.89. The molecule has 0 unspecified atom stereocenters. The smallest absolute Gasteiger partial charge is 0.328 e. The van der Waals surface area contributed by atoms with Gasteiger partial charge < -0.3 is 31.7 Å². The van der Waals surface area contributed by atoms with E-state index in [-0.39, 0.29) is 22.2 Å². The van der Waals surface area contributed by atoms with Crippen LogP contribution in [0.3, 0.4) is 0 Å². The van der Waals surface area contributed by atoms with Crippen molar-refractivity contribution in [2.24, 2.45) is 0 Å². The minimum absolute atomic E-state index is 0.0573. The Bertz CT molecular complexity index is 1170. The van der Waals surface area contributed by atoms with Crippen molar-refractivity contribution >= 4 is 52.6 Å². The summed E-state index contributed by atoms with van der Waals surface area (Å²) >= 11 is 12.0. The summed E-state index contributed by atoms with van der Waals surface area (Å²) in [5.41, 5.74) is 0.987. The average molecular weight is 534 g/mol. The second kappa shape index (κ2) is 12.8. The first-order valence-corrected chi connectivity index (χ1v) is 11.8. The van der Waals surface area contributed by atoms with Gasteiger partial charge in [0.05, 0.1) is 28.0 Å². The van der Waals surface area contributed by atoms with Crippen LogP contribution in [0.2, 0.25) is 10.0 Å². The Hall–Kier alpha value is -3.76. The summed E-state index contributed by atoms with van der Waals surface area (Å²) in [4.78, 5) is 48.7. The first kappa shape index (κ1) is 26.8. The summed E-state index contributed by atoms with van der Waals surface area (Å²) in [5.74, 6) is -2.41. The van der Waals surface area contributed by atoms with E-state index < -0.39 is 36.3 Å². The van der Waals surface area contributed by atoms with Crippen LogP contribution >= 0.6 is 23.2 Å². The van der Waals surface area contributed by atoms with E-state index in [1.807, 2.05) is 12.1 Å². The van der Waals surface area contributed by atoms with Crippen molar-refractivity contribution in [1.29, 1.82) is 0 Å². The van der Waals surface area contributed by atoms with E-state index >= 15 is 0 Å². The molecule has 0 saturated carbocycles. The third-order valence-corrected chi connectivity index (χ3v) is 5.78. The van der Waals surface area contributed by atoms with Gasteiger partial charge in [-0.3, -0.25) is 14.4 Å². The van der Waals surface area contributed by atoms with Crippen LogP contribution in [-0.4, -0.2) is 54.5 Å². The molecule has 190 valence electrons. The van der Waals surface area contributed by atoms with E-state index in [0.717, 1.165) is 25.2 Å². The molecule has 1 heterocycles. The Kier molecular flexibility index (Phi) is 9.54. The number of amides is 3. The third-order valence-electron chi connectivity index (χ3n) is 5.15. The van der Waals surface area contributed by atoms with Crippen LogP contribution in [0.15, 0.2) is 54.4 Å². The summed E-state index contributed by atoms with van der Waals surface area (Å²) in [7, 11) is 0. The summed E-state index contributed by atoms with van der Waals surface area (Å²) < 4.78 is 0. The minimum Gasteiger partial charge on any atom is -0.480 e. The summed E-state index contributed by atoms with van der Waals surface area (Å²) in [6.07, 6.45) is 4.06. The zero-order chi connectivity index (χ0) is 26.1. The molecule has 0 bridgehead atoms. The molecule has 0 aromatic heterocycles. The predicted octanol–water partition coefficient (Wildman–Crippen LogP) is 2.36. The third kappa shape index (κ3) is 7.62. The van der Waals surface area contributed by atoms with Gasteiger partial charge in [0.1, 0.15) is 6.04 Å². The molecule has 0 fully saturated rings. The van der Waals surface area contributed by atoms with Crippen LogP contribution in [0.4, 0.5) is 5.69 Å². The van der Waals surface area contributed by atoms with Crippen LogP contribution in [-0.2, 0) is 9.59 Å². The number of carboxylic acid groups (broad SMARTS) is 1. The molecule has 12 heteroatoms. The molecule has 1 aliphatic heterocycles. The molecule has 36 heavy (non-hydrogen) atoms. The maximum absolute atomic E-state index is 12.5. The number of carboxylic acids is 1. The number of benzene rings is 2. The Morgan fingerprint density at radius 1 is 1.00 bits per heavy atom. The van der Waals surface area contributed by atoms with Crippen molar-refractivity contribution < 1.29 is 24.3 Å². The Labute approximate surface area is 217 Å². The fraction of sp³-hybridized carbons (Fsp3) is 0.250. The lowest BCUT2D eigenvalue weighted by Gasteiger charge is -2.18. The van der Waals surface area contributed by atoms with Crippen molar-refractivity contribution in [3.8, 4) is 0 Å². The fourth-order valence-electron chi connectivity index (χ4n) is 3.32. The molecule has 0 spiro atoms. The minimum atomic E-state index is -1.45. The number of carbonyl (C=O) groups excluding carboxylic acids is 3. The van der Waals surface area contributed by atoms with E-state index in [1.165, 1.54) is 12.1 Å². The Balaban J connectivity index is 1.50. The lowest BCUT2D eigenvalue weighted by Crippen LogP contribution is -2.50. The molecule has 3 rings (SSSR count). The van der Waals surface area contributed by atoms with Gasteiger partial charge in [-0.05, 0) is 49.2 Å². The van der Waals surface area contributed by atoms with Gasteiger partial charge >= 0.3 is 5.97 Å². The number of allylic oxidation sites excluding steroid dienone is 1.